The van der Waals surface area contributed by atoms with Gasteiger partial charge in [0.25, 0.3) is 0 Å². The highest BCUT2D eigenvalue weighted by Crippen LogP contribution is 2.28. The molecule has 1 aromatic carbocycles. The van der Waals surface area contributed by atoms with Crippen molar-refractivity contribution in [2.45, 2.75) is 44.2 Å². The maximum absolute atomic E-state index is 13.4. The fraction of sp³-hybridized carbons (Fsp3) is 0.571. The highest BCUT2D eigenvalue weighted by molar-refractivity contribution is 7.89. The van der Waals surface area contributed by atoms with Gasteiger partial charge in [-0.25, -0.2) is 12.8 Å². The molecule has 0 bridgehead atoms. The Morgan fingerprint density at radius 1 is 1.40 bits per heavy atom. The average molecular weight is 300 g/mol. The van der Waals surface area contributed by atoms with Crippen LogP contribution in [0.25, 0.3) is 0 Å². The molecule has 0 aliphatic carbocycles. The van der Waals surface area contributed by atoms with Crippen LogP contribution in [0.1, 0.15) is 32.3 Å². The maximum atomic E-state index is 13.4. The number of benzene rings is 1. The molecule has 2 rings (SSSR count). The largest absolute Gasteiger partial charge is 0.326 e. The molecule has 112 valence electrons. The minimum absolute atomic E-state index is 0.0121. The Morgan fingerprint density at radius 2 is 2.10 bits per heavy atom. The zero-order valence-electron chi connectivity index (χ0n) is 11.8. The molecular formula is C14H21FN2O2S. The van der Waals surface area contributed by atoms with Crippen LogP contribution < -0.4 is 5.73 Å². The fourth-order valence-corrected chi connectivity index (χ4v) is 4.45. The topological polar surface area (TPSA) is 63.4 Å². The van der Waals surface area contributed by atoms with E-state index >= 15 is 0 Å². The van der Waals surface area contributed by atoms with E-state index in [4.69, 9.17) is 5.73 Å². The Bertz CT molecular complexity index is 589. The van der Waals surface area contributed by atoms with Crippen molar-refractivity contribution < 1.29 is 12.8 Å². The van der Waals surface area contributed by atoms with Crippen LogP contribution >= 0.6 is 0 Å². The molecule has 1 aliphatic heterocycles. The number of sulfonamides is 1. The zero-order valence-corrected chi connectivity index (χ0v) is 12.7. The van der Waals surface area contributed by atoms with E-state index in [-0.39, 0.29) is 23.0 Å². The number of halogens is 1. The maximum Gasteiger partial charge on any atom is 0.243 e. The summed E-state index contributed by atoms with van der Waals surface area (Å²) in [5, 5.41) is 0. The number of hydrogen-bond donors (Lipinski definition) is 1. The van der Waals surface area contributed by atoms with Crippen LogP contribution in [0, 0.1) is 11.7 Å². The Hall–Kier alpha value is -0.980. The normalized spacial score (nSPS) is 24.8. The van der Waals surface area contributed by atoms with Crippen LogP contribution in [0.15, 0.2) is 23.1 Å². The van der Waals surface area contributed by atoms with Gasteiger partial charge in [0.15, 0.2) is 0 Å². The molecule has 0 amide bonds. The molecule has 1 aromatic rings. The van der Waals surface area contributed by atoms with Crippen LogP contribution in [0.5, 0.6) is 0 Å². The Kier molecular flexibility index (Phi) is 4.46. The molecule has 20 heavy (non-hydrogen) atoms. The van der Waals surface area contributed by atoms with Crippen molar-refractivity contribution in [3.05, 3.63) is 29.6 Å². The van der Waals surface area contributed by atoms with E-state index in [0.717, 1.165) is 12.8 Å². The summed E-state index contributed by atoms with van der Waals surface area (Å²) in [7, 11) is -3.57. The monoisotopic (exact) mass is 300 g/mol. The molecule has 2 atom stereocenters. The van der Waals surface area contributed by atoms with Crippen LogP contribution in [0.2, 0.25) is 0 Å². The summed E-state index contributed by atoms with van der Waals surface area (Å²) in [6, 6.07) is 3.80. The second-order valence-corrected chi connectivity index (χ2v) is 7.44. The van der Waals surface area contributed by atoms with E-state index in [0.29, 0.717) is 12.5 Å². The quantitative estimate of drug-likeness (QED) is 0.929. The zero-order chi connectivity index (χ0) is 14.9. The number of piperidine rings is 1. The van der Waals surface area contributed by atoms with E-state index in [1.807, 2.05) is 6.92 Å². The molecule has 1 heterocycles. The number of nitrogens with two attached hydrogens (primary N) is 1. The van der Waals surface area contributed by atoms with Gasteiger partial charge in [0.05, 0.1) is 4.90 Å². The Balaban J connectivity index is 2.35. The lowest BCUT2D eigenvalue weighted by Gasteiger charge is -2.35. The van der Waals surface area contributed by atoms with Gasteiger partial charge in [0.2, 0.25) is 10.0 Å². The molecule has 2 unspecified atom stereocenters. The third-order valence-corrected chi connectivity index (χ3v) is 5.93. The first kappa shape index (κ1) is 15.4. The first-order valence-corrected chi connectivity index (χ1v) is 8.30. The molecule has 2 N–H and O–H groups in total. The summed E-state index contributed by atoms with van der Waals surface area (Å²) in [6.07, 6.45) is 1.71. The van der Waals surface area contributed by atoms with Gasteiger partial charge in [-0.3, -0.25) is 0 Å². The molecule has 0 spiro atoms. The second-order valence-electron chi connectivity index (χ2n) is 5.55. The van der Waals surface area contributed by atoms with Crippen molar-refractivity contribution in [2.75, 3.05) is 6.54 Å². The number of rotatable bonds is 3. The van der Waals surface area contributed by atoms with Gasteiger partial charge in [-0.15, -0.1) is 0 Å². The van der Waals surface area contributed by atoms with Crippen LogP contribution in [-0.2, 0) is 16.6 Å². The molecule has 1 aliphatic rings. The van der Waals surface area contributed by atoms with Gasteiger partial charge in [-0.2, -0.15) is 4.31 Å². The van der Waals surface area contributed by atoms with Crippen molar-refractivity contribution in [1.82, 2.24) is 4.31 Å². The summed E-state index contributed by atoms with van der Waals surface area (Å²) >= 11 is 0. The summed E-state index contributed by atoms with van der Waals surface area (Å²) in [5.41, 5.74) is 5.66. The van der Waals surface area contributed by atoms with Gasteiger partial charge in [-0.05, 0) is 43.9 Å². The molecule has 0 saturated carbocycles. The molecule has 1 saturated heterocycles. The minimum Gasteiger partial charge on any atom is -0.326 e. The van der Waals surface area contributed by atoms with Gasteiger partial charge in [0.1, 0.15) is 5.82 Å². The molecule has 0 aromatic heterocycles. The SMILES string of the molecule is CC1CCN(S(=O)(=O)c2ccc(F)c(CN)c2)C(C)C1. The predicted molar refractivity (Wildman–Crippen MR) is 76.0 cm³/mol. The van der Waals surface area contributed by atoms with Crippen LogP contribution in [-0.4, -0.2) is 25.3 Å². The molecule has 1 fully saturated rings. The second kappa shape index (κ2) is 5.79. The van der Waals surface area contributed by atoms with Crippen molar-refractivity contribution in [3.8, 4) is 0 Å². The molecule has 6 heteroatoms. The lowest BCUT2D eigenvalue weighted by atomic mass is 9.95. The summed E-state index contributed by atoms with van der Waals surface area (Å²) < 4.78 is 40.2. The third kappa shape index (κ3) is 2.87. The van der Waals surface area contributed by atoms with E-state index in [2.05, 4.69) is 6.92 Å². The Labute approximate surface area is 119 Å². The predicted octanol–water partition coefficient (Wildman–Crippen LogP) is 2.09. The van der Waals surface area contributed by atoms with E-state index < -0.39 is 15.8 Å². The highest BCUT2D eigenvalue weighted by Gasteiger charge is 2.33. The lowest BCUT2D eigenvalue weighted by molar-refractivity contribution is 0.220. The summed E-state index contributed by atoms with van der Waals surface area (Å²) in [6.45, 7) is 4.55. The van der Waals surface area contributed by atoms with Gasteiger partial charge >= 0.3 is 0 Å². The standard InChI is InChI=1S/C14H21FN2O2S/c1-10-5-6-17(11(2)7-10)20(18,19)13-3-4-14(15)12(8-13)9-16/h3-4,8,10-11H,5-7,9,16H2,1-2H3. The summed E-state index contributed by atoms with van der Waals surface area (Å²) in [5.74, 6) is 0.0658. The van der Waals surface area contributed by atoms with Crippen molar-refractivity contribution >= 4 is 10.0 Å². The first-order chi connectivity index (χ1) is 9.36. The molecule has 0 radical (unpaired) electrons. The third-order valence-electron chi connectivity index (χ3n) is 3.92. The van der Waals surface area contributed by atoms with Crippen molar-refractivity contribution in [1.29, 1.82) is 0 Å². The van der Waals surface area contributed by atoms with Crippen LogP contribution in [0.4, 0.5) is 4.39 Å². The first-order valence-electron chi connectivity index (χ1n) is 6.86. The van der Waals surface area contributed by atoms with E-state index in [9.17, 15) is 12.8 Å². The van der Waals surface area contributed by atoms with Gasteiger partial charge < -0.3 is 5.73 Å². The van der Waals surface area contributed by atoms with Gasteiger partial charge in [-0.1, -0.05) is 6.92 Å². The van der Waals surface area contributed by atoms with E-state index in [1.165, 1.54) is 22.5 Å². The van der Waals surface area contributed by atoms with Crippen molar-refractivity contribution in [3.63, 3.8) is 0 Å². The molecule has 4 nitrogen and oxygen atoms in total. The number of nitrogens with zero attached hydrogens (tertiary/aromatic N) is 1. The van der Waals surface area contributed by atoms with Crippen LogP contribution in [0.3, 0.4) is 0 Å². The van der Waals surface area contributed by atoms with Crippen molar-refractivity contribution in [2.24, 2.45) is 11.7 Å². The highest BCUT2D eigenvalue weighted by atomic mass is 32.2. The number of hydrogen-bond acceptors (Lipinski definition) is 3. The lowest BCUT2D eigenvalue weighted by Crippen LogP contribution is -2.44. The Morgan fingerprint density at radius 3 is 2.70 bits per heavy atom. The van der Waals surface area contributed by atoms with Gasteiger partial charge in [0, 0.05) is 24.7 Å². The summed E-state index contributed by atoms with van der Waals surface area (Å²) in [4.78, 5) is 0.126. The van der Waals surface area contributed by atoms with E-state index in [1.54, 1.807) is 0 Å². The fourth-order valence-electron chi connectivity index (χ4n) is 2.75. The average Bonchev–Trinajstić information content (AvgIpc) is 2.38. The smallest absolute Gasteiger partial charge is 0.243 e. The molecular weight excluding hydrogens is 279 g/mol. The minimum atomic E-state index is -3.57.